The van der Waals surface area contributed by atoms with Crippen molar-refractivity contribution in [1.82, 2.24) is 4.90 Å². The van der Waals surface area contributed by atoms with E-state index in [1.807, 2.05) is 18.2 Å². The van der Waals surface area contributed by atoms with Crippen molar-refractivity contribution in [3.63, 3.8) is 0 Å². The molecule has 0 aromatic carbocycles. The minimum absolute atomic E-state index is 0.269. The molecule has 0 saturated carbocycles. The van der Waals surface area contributed by atoms with Gasteiger partial charge in [0.1, 0.15) is 0 Å². The summed E-state index contributed by atoms with van der Waals surface area (Å²) in [6.07, 6.45) is 6.65. The molecular weight excluding hydrogens is 154 g/mol. The van der Waals surface area contributed by atoms with Crippen molar-refractivity contribution >= 4 is 5.97 Å². The summed E-state index contributed by atoms with van der Waals surface area (Å²) in [6, 6.07) is 0. The normalized spacial score (nSPS) is 26.8. The highest BCUT2D eigenvalue weighted by molar-refractivity contribution is 5.74. The van der Waals surface area contributed by atoms with Crippen LogP contribution >= 0.6 is 0 Å². The summed E-state index contributed by atoms with van der Waals surface area (Å²) in [7, 11) is 0. The van der Waals surface area contributed by atoms with Crippen molar-refractivity contribution < 1.29 is 9.90 Å². The summed E-state index contributed by atoms with van der Waals surface area (Å²) < 4.78 is 0. The minimum Gasteiger partial charge on any atom is -0.481 e. The number of nitrogens with zero attached hydrogens (tertiary/aromatic N) is 1. The Bertz CT molecular complexity index is 268. The summed E-state index contributed by atoms with van der Waals surface area (Å²) >= 11 is 0. The lowest BCUT2D eigenvalue weighted by Gasteiger charge is -2.21. The van der Waals surface area contributed by atoms with E-state index in [4.69, 9.17) is 5.11 Å². The minimum atomic E-state index is -0.695. The Hall–Kier alpha value is -1.25. The van der Waals surface area contributed by atoms with Crippen molar-refractivity contribution in [2.45, 2.75) is 6.42 Å². The molecule has 2 aliphatic rings. The maximum absolute atomic E-state index is 10.8. The molecule has 0 bridgehead atoms. The van der Waals surface area contributed by atoms with Gasteiger partial charge in [0.25, 0.3) is 0 Å². The van der Waals surface area contributed by atoms with Gasteiger partial charge in [0, 0.05) is 18.8 Å². The van der Waals surface area contributed by atoms with E-state index < -0.39 is 5.97 Å². The Morgan fingerprint density at radius 1 is 1.67 bits per heavy atom. The van der Waals surface area contributed by atoms with E-state index >= 15 is 0 Å². The van der Waals surface area contributed by atoms with Gasteiger partial charge in [0.15, 0.2) is 0 Å². The summed E-state index contributed by atoms with van der Waals surface area (Å²) in [6.45, 7) is 1.75. The average Bonchev–Trinajstić information content (AvgIpc) is 2.47. The third kappa shape index (κ3) is 1.02. The van der Waals surface area contributed by atoms with E-state index in [0.717, 1.165) is 25.2 Å². The summed E-state index contributed by atoms with van der Waals surface area (Å²) in [4.78, 5) is 12.9. The predicted molar refractivity (Wildman–Crippen MR) is 44.5 cm³/mol. The van der Waals surface area contributed by atoms with Crippen LogP contribution in [0, 0.1) is 5.92 Å². The number of carboxylic acids is 1. The van der Waals surface area contributed by atoms with Gasteiger partial charge < -0.3 is 10.0 Å². The monoisotopic (exact) mass is 165 g/mol. The lowest BCUT2D eigenvalue weighted by Crippen LogP contribution is -2.22. The quantitative estimate of drug-likeness (QED) is 0.626. The Labute approximate surface area is 71.0 Å². The van der Waals surface area contributed by atoms with Crippen molar-refractivity contribution in [1.29, 1.82) is 0 Å². The van der Waals surface area contributed by atoms with Crippen LogP contribution in [0.2, 0.25) is 0 Å². The predicted octanol–water partition coefficient (Wildman–Crippen LogP) is 0.847. The highest BCUT2D eigenvalue weighted by Crippen LogP contribution is 2.29. The molecule has 2 aliphatic heterocycles. The highest BCUT2D eigenvalue weighted by Gasteiger charge is 2.32. The molecule has 3 nitrogen and oxygen atoms in total. The highest BCUT2D eigenvalue weighted by atomic mass is 16.4. The molecule has 0 amide bonds. The van der Waals surface area contributed by atoms with Gasteiger partial charge in [0.05, 0.1) is 5.92 Å². The molecule has 3 heteroatoms. The van der Waals surface area contributed by atoms with Crippen LogP contribution in [-0.2, 0) is 4.79 Å². The zero-order valence-electron chi connectivity index (χ0n) is 6.73. The fraction of sp³-hybridized carbons (Fsp3) is 0.444. The first-order valence-corrected chi connectivity index (χ1v) is 4.13. The van der Waals surface area contributed by atoms with Gasteiger partial charge in [-0.1, -0.05) is 12.2 Å². The molecule has 0 radical (unpaired) electrons. The molecule has 2 heterocycles. The maximum Gasteiger partial charge on any atom is 0.312 e. The lowest BCUT2D eigenvalue weighted by molar-refractivity contribution is -0.140. The van der Waals surface area contributed by atoms with Crippen LogP contribution in [0.5, 0.6) is 0 Å². The van der Waals surface area contributed by atoms with Gasteiger partial charge in [-0.15, -0.1) is 0 Å². The molecule has 64 valence electrons. The third-order valence-corrected chi connectivity index (χ3v) is 2.44. The summed E-state index contributed by atoms with van der Waals surface area (Å²) in [5.41, 5.74) is 0.977. The SMILES string of the molecule is O=C(O)C1CCN2CC=CC=C12. The molecule has 1 saturated heterocycles. The van der Waals surface area contributed by atoms with E-state index in [9.17, 15) is 4.79 Å². The molecule has 12 heavy (non-hydrogen) atoms. The number of hydrogen-bond acceptors (Lipinski definition) is 2. The average molecular weight is 165 g/mol. The van der Waals surface area contributed by atoms with Gasteiger partial charge in [-0.3, -0.25) is 4.79 Å². The number of carbonyl (C=O) groups is 1. The number of carboxylic acid groups (broad SMARTS) is 1. The van der Waals surface area contributed by atoms with Crippen molar-refractivity contribution in [3.8, 4) is 0 Å². The number of hydrogen-bond donors (Lipinski definition) is 1. The second-order valence-electron chi connectivity index (χ2n) is 3.15. The molecule has 1 fully saturated rings. The van der Waals surface area contributed by atoms with E-state index in [-0.39, 0.29) is 5.92 Å². The van der Waals surface area contributed by atoms with Crippen LogP contribution in [0.15, 0.2) is 23.9 Å². The zero-order chi connectivity index (χ0) is 8.55. The topological polar surface area (TPSA) is 40.5 Å². The Morgan fingerprint density at radius 3 is 3.25 bits per heavy atom. The van der Waals surface area contributed by atoms with Gasteiger partial charge in [-0.25, -0.2) is 0 Å². The Balaban J connectivity index is 2.25. The molecule has 1 atom stereocenters. The second-order valence-corrected chi connectivity index (χ2v) is 3.15. The Kier molecular flexibility index (Phi) is 1.64. The molecule has 1 unspecified atom stereocenters. The van der Waals surface area contributed by atoms with Gasteiger partial charge in [-0.2, -0.15) is 0 Å². The van der Waals surface area contributed by atoms with Crippen molar-refractivity contribution in [2.75, 3.05) is 13.1 Å². The molecule has 2 rings (SSSR count). The van der Waals surface area contributed by atoms with Crippen LogP contribution < -0.4 is 0 Å². The first-order valence-electron chi connectivity index (χ1n) is 4.13. The van der Waals surface area contributed by atoms with Crippen LogP contribution in [0.25, 0.3) is 0 Å². The first kappa shape index (κ1) is 7.40. The number of rotatable bonds is 1. The third-order valence-electron chi connectivity index (χ3n) is 2.44. The van der Waals surface area contributed by atoms with Gasteiger partial charge >= 0.3 is 5.97 Å². The fourth-order valence-corrected chi connectivity index (χ4v) is 1.81. The number of fused-ring (bicyclic) bond motifs is 1. The number of aliphatic carboxylic acids is 1. The molecule has 0 aromatic heterocycles. The summed E-state index contributed by atoms with van der Waals surface area (Å²) in [5, 5.41) is 8.86. The fourth-order valence-electron chi connectivity index (χ4n) is 1.81. The summed E-state index contributed by atoms with van der Waals surface area (Å²) in [5.74, 6) is -0.964. The van der Waals surface area contributed by atoms with E-state index in [0.29, 0.717) is 0 Å². The Morgan fingerprint density at radius 2 is 2.50 bits per heavy atom. The largest absolute Gasteiger partial charge is 0.481 e. The van der Waals surface area contributed by atoms with E-state index in [1.54, 1.807) is 0 Å². The zero-order valence-corrected chi connectivity index (χ0v) is 6.73. The van der Waals surface area contributed by atoms with E-state index in [1.165, 1.54) is 0 Å². The lowest BCUT2D eigenvalue weighted by atomic mass is 10.0. The van der Waals surface area contributed by atoms with Crippen molar-refractivity contribution in [2.24, 2.45) is 5.92 Å². The van der Waals surface area contributed by atoms with Crippen molar-refractivity contribution in [3.05, 3.63) is 23.9 Å². The van der Waals surface area contributed by atoms with Crippen LogP contribution in [0.1, 0.15) is 6.42 Å². The van der Waals surface area contributed by atoms with Gasteiger partial charge in [-0.05, 0) is 12.5 Å². The molecule has 0 aliphatic carbocycles. The second kappa shape index (κ2) is 2.66. The standard InChI is InChI=1S/C9H11NO2/c11-9(12)7-4-6-10-5-2-1-3-8(7)10/h1-3,7H,4-6H2,(H,11,12). The van der Waals surface area contributed by atoms with Crippen LogP contribution in [0.4, 0.5) is 0 Å². The first-order chi connectivity index (χ1) is 5.79. The van der Waals surface area contributed by atoms with Crippen LogP contribution in [0.3, 0.4) is 0 Å². The molecular formula is C9H11NO2. The molecule has 1 N–H and O–H groups in total. The molecule has 0 aromatic rings. The molecule has 0 spiro atoms. The smallest absolute Gasteiger partial charge is 0.312 e. The maximum atomic E-state index is 10.8. The van der Waals surface area contributed by atoms with Gasteiger partial charge in [0.2, 0.25) is 0 Å². The van der Waals surface area contributed by atoms with E-state index in [2.05, 4.69) is 4.90 Å². The number of allylic oxidation sites excluding steroid dienone is 2. The van der Waals surface area contributed by atoms with Crippen LogP contribution in [-0.4, -0.2) is 29.1 Å².